The molecule has 1 atom stereocenters. The van der Waals surface area contributed by atoms with Crippen LogP contribution < -0.4 is 5.32 Å². The van der Waals surface area contributed by atoms with E-state index in [2.05, 4.69) is 15.3 Å². The molecule has 0 aliphatic heterocycles. The van der Waals surface area contributed by atoms with E-state index >= 15 is 0 Å². The molecule has 160 valence electrons. The first-order valence-corrected chi connectivity index (χ1v) is 12.6. The Morgan fingerprint density at radius 1 is 0.935 bits per heavy atom. The van der Waals surface area contributed by atoms with E-state index in [0.717, 1.165) is 26.9 Å². The monoisotopic (exact) mass is 453 g/mol. The second kappa shape index (κ2) is 9.71. The summed E-state index contributed by atoms with van der Waals surface area (Å²) in [6, 6.07) is 19.7. The molecule has 2 aromatic heterocycles. The maximum Gasteiger partial charge on any atom is 0.357 e. The van der Waals surface area contributed by atoms with Crippen LogP contribution in [0.2, 0.25) is 0 Å². The van der Waals surface area contributed by atoms with Crippen LogP contribution >= 0.6 is 18.9 Å². The Morgan fingerprint density at radius 3 is 2.23 bits per heavy atom. The van der Waals surface area contributed by atoms with Crippen LogP contribution in [0, 0.1) is 0 Å². The zero-order valence-corrected chi connectivity index (χ0v) is 19.1. The third-order valence-corrected chi connectivity index (χ3v) is 7.99. The van der Waals surface area contributed by atoms with Gasteiger partial charge in [0.1, 0.15) is 0 Å². The summed E-state index contributed by atoms with van der Waals surface area (Å²) in [5.41, 5.74) is 3.81. The van der Waals surface area contributed by atoms with E-state index < -0.39 is 13.4 Å². The zero-order valence-electron chi connectivity index (χ0n) is 17.4. The zero-order chi connectivity index (χ0) is 21.7. The molecule has 0 fully saturated rings. The van der Waals surface area contributed by atoms with Crippen LogP contribution in [0.4, 0.5) is 5.13 Å². The quantitative estimate of drug-likeness (QED) is 0.283. The van der Waals surface area contributed by atoms with Crippen molar-refractivity contribution in [1.29, 1.82) is 0 Å². The molecule has 4 aromatic rings. The summed E-state index contributed by atoms with van der Waals surface area (Å²) in [5, 5.41) is 4.01. The van der Waals surface area contributed by atoms with Crippen molar-refractivity contribution in [3.05, 3.63) is 78.6 Å². The number of nitrogens with one attached hydrogen (secondary N) is 1. The van der Waals surface area contributed by atoms with Crippen molar-refractivity contribution in [3.8, 4) is 11.1 Å². The summed E-state index contributed by atoms with van der Waals surface area (Å²) >= 11 is 1.51. The van der Waals surface area contributed by atoms with E-state index in [9.17, 15) is 4.57 Å². The molecular formula is C23H24N3O3PS. The van der Waals surface area contributed by atoms with Gasteiger partial charge in [0.2, 0.25) is 0 Å². The van der Waals surface area contributed by atoms with Crippen molar-refractivity contribution in [2.24, 2.45) is 0 Å². The molecule has 0 saturated heterocycles. The average molecular weight is 454 g/mol. The van der Waals surface area contributed by atoms with Gasteiger partial charge in [-0.1, -0.05) is 47.7 Å². The van der Waals surface area contributed by atoms with Gasteiger partial charge in [0.05, 0.1) is 23.4 Å². The number of aromatic nitrogens is 2. The molecule has 6 nitrogen and oxygen atoms in total. The molecule has 2 heterocycles. The first-order valence-electron chi connectivity index (χ1n) is 10.1. The highest BCUT2D eigenvalue weighted by molar-refractivity contribution is 7.54. The Kier molecular flexibility index (Phi) is 6.78. The van der Waals surface area contributed by atoms with Gasteiger partial charge in [-0.25, -0.2) is 4.98 Å². The average Bonchev–Trinajstić information content (AvgIpc) is 3.21. The molecule has 1 unspecified atom stereocenters. The molecule has 0 bridgehead atoms. The molecule has 4 rings (SSSR count). The molecule has 1 N–H and O–H groups in total. The van der Waals surface area contributed by atoms with E-state index in [1.165, 1.54) is 11.3 Å². The van der Waals surface area contributed by atoms with Crippen LogP contribution in [0.1, 0.15) is 25.2 Å². The van der Waals surface area contributed by atoms with E-state index in [4.69, 9.17) is 9.05 Å². The molecule has 31 heavy (non-hydrogen) atoms. The van der Waals surface area contributed by atoms with Gasteiger partial charge in [0, 0.05) is 12.4 Å². The van der Waals surface area contributed by atoms with Crippen LogP contribution in [-0.4, -0.2) is 23.2 Å². The van der Waals surface area contributed by atoms with Crippen LogP contribution in [0.25, 0.3) is 21.3 Å². The molecule has 0 spiro atoms. The Hall–Kier alpha value is -2.57. The first-order chi connectivity index (χ1) is 15.1. The number of rotatable bonds is 9. The normalized spacial score (nSPS) is 12.7. The van der Waals surface area contributed by atoms with E-state index in [0.29, 0.717) is 5.13 Å². The minimum atomic E-state index is -3.50. The minimum Gasteiger partial charge on any atom is -0.344 e. The van der Waals surface area contributed by atoms with Crippen LogP contribution in [-0.2, 0) is 13.6 Å². The number of para-hydroxylation sites is 1. The second-order valence-corrected chi connectivity index (χ2v) is 9.91. The van der Waals surface area contributed by atoms with Crippen molar-refractivity contribution >= 4 is 34.3 Å². The SMILES string of the molecule is CCOP(=O)(OCC)C(Nc1nc2ccccc2s1)c1ccc(-c2ccncc2)cc1. The topological polar surface area (TPSA) is 73.3 Å². The summed E-state index contributed by atoms with van der Waals surface area (Å²) < 4.78 is 26.2. The lowest BCUT2D eigenvalue weighted by Crippen LogP contribution is -2.15. The molecule has 2 aromatic carbocycles. The van der Waals surface area contributed by atoms with Crippen molar-refractivity contribution in [1.82, 2.24) is 9.97 Å². The third-order valence-electron chi connectivity index (χ3n) is 4.73. The van der Waals surface area contributed by atoms with Gasteiger partial charge in [-0.15, -0.1) is 0 Å². The summed E-state index contributed by atoms with van der Waals surface area (Å²) in [7, 11) is -3.50. The molecule has 0 amide bonds. The largest absolute Gasteiger partial charge is 0.357 e. The fraction of sp³-hybridized carbons (Fsp3) is 0.217. The van der Waals surface area contributed by atoms with Crippen LogP contribution in [0.3, 0.4) is 0 Å². The number of pyridine rings is 1. The van der Waals surface area contributed by atoms with Crippen molar-refractivity contribution < 1.29 is 13.6 Å². The maximum absolute atomic E-state index is 13.7. The van der Waals surface area contributed by atoms with E-state index in [1.54, 1.807) is 12.4 Å². The van der Waals surface area contributed by atoms with Crippen molar-refractivity contribution in [2.75, 3.05) is 18.5 Å². The lowest BCUT2D eigenvalue weighted by atomic mass is 10.1. The summed E-state index contributed by atoms with van der Waals surface area (Å²) in [5.74, 6) is -0.681. The Balaban J connectivity index is 1.71. The van der Waals surface area contributed by atoms with Gasteiger partial charge < -0.3 is 14.4 Å². The highest BCUT2D eigenvalue weighted by Gasteiger charge is 2.37. The van der Waals surface area contributed by atoms with Gasteiger partial charge in [-0.3, -0.25) is 9.55 Å². The number of thiazole rings is 1. The fourth-order valence-electron chi connectivity index (χ4n) is 3.34. The summed E-state index contributed by atoms with van der Waals surface area (Å²) in [6.07, 6.45) is 3.53. The Bertz CT molecular complexity index is 1140. The van der Waals surface area contributed by atoms with Gasteiger partial charge in [-0.05, 0) is 54.8 Å². The highest BCUT2D eigenvalue weighted by Crippen LogP contribution is 2.61. The predicted octanol–water partition coefficient (Wildman–Crippen LogP) is 6.74. The Morgan fingerprint density at radius 2 is 1.58 bits per heavy atom. The number of anilines is 1. The fourth-order valence-corrected chi connectivity index (χ4v) is 6.24. The highest BCUT2D eigenvalue weighted by atomic mass is 32.1. The standard InChI is InChI=1S/C23H24N3O3PS/c1-3-28-30(27,29-4-2)22(26-23-25-20-7-5-6-8-21(20)31-23)19-11-9-17(10-12-19)18-13-15-24-16-14-18/h5-16,22H,3-4H2,1-2H3,(H,25,26). The third kappa shape index (κ3) is 4.86. The smallest absolute Gasteiger partial charge is 0.344 e. The molecule has 0 radical (unpaired) electrons. The van der Waals surface area contributed by atoms with Gasteiger partial charge in [0.15, 0.2) is 10.9 Å². The van der Waals surface area contributed by atoms with Gasteiger partial charge >= 0.3 is 7.60 Å². The predicted molar refractivity (Wildman–Crippen MR) is 127 cm³/mol. The molecular weight excluding hydrogens is 429 g/mol. The minimum absolute atomic E-state index is 0.282. The van der Waals surface area contributed by atoms with Gasteiger partial charge in [-0.2, -0.15) is 0 Å². The number of nitrogens with zero attached hydrogens (tertiary/aromatic N) is 2. The number of hydrogen-bond acceptors (Lipinski definition) is 7. The van der Waals surface area contributed by atoms with Crippen LogP contribution in [0.15, 0.2) is 73.1 Å². The summed E-state index contributed by atoms with van der Waals surface area (Å²) in [6.45, 7) is 4.19. The van der Waals surface area contributed by atoms with Crippen molar-refractivity contribution in [3.63, 3.8) is 0 Å². The molecule has 0 aliphatic carbocycles. The molecule has 8 heteroatoms. The molecule has 0 aliphatic rings. The Labute approximate surface area is 185 Å². The lowest BCUT2D eigenvalue weighted by Gasteiger charge is -2.27. The van der Waals surface area contributed by atoms with E-state index in [-0.39, 0.29) is 13.2 Å². The number of fused-ring (bicyclic) bond motifs is 1. The maximum atomic E-state index is 13.7. The number of hydrogen-bond donors (Lipinski definition) is 1. The first kappa shape index (κ1) is 21.7. The second-order valence-electron chi connectivity index (χ2n) is 6.77. The lowest BCUT2D eigenvalue weighted by molar-refractivity contribution is 0.214. The van der Waals surface area contributed by atoms with Gasteiger partial charge in [0.25, 0.3) is 0 Å². The summed E-state index contributed by atoms with van der Waals surface area (Å²) in [4.78, 5) is 8.71. The van der Waals surface area contributed by atoms with E-state index in [1.807, 2.05) is 74.5 Å². The number of benzene rings is 2. The van der Waals surface area contributed by atoms with Crippen LogP contribution in [0.5, 0.6) is 0 Å². The van der Waals surface area contributed by atoms with Crippen molar-refractivity contribution in [2.45, 2.75) is 19.6 Å². The molecule has 0 saturated carbocycles.